The third-order valence-corrected chi connectivity index (χ3v) is 4.65. The molecule has 0 bridgehead atoms. The molecule has 2 rings (SSSR count). The van der Waals surface area contributed by atoms with Crippen LogP contribution in [0.5, 0.6) is 0 Å². The molecular formula is C15H13ClFNO4S. The molecule has 122 valence electrons. The van der Waals surface area contributed by atoms with Gasteiger partial charge < -0.3 is 5.11 Å². The molecule has 0 amide bonds. The van der Waals surface area contributed by atoms with Crippen molar-refractivity contribution in [3.8, 4) is 0 Å². The van der Waals surface area contributed by atoms with Gasteiger partial charge in [0.15, 0.2) is 0 Å². The lowest BCUT2D eigenvalue weighted by Crippen LogP contribution is -2.31. The van der Waals surface area contributed by atoms with E-state index in [1.165, 1.54) is 36.4 Å². The zero-order chi connectivity index (χ0) is 17.2. The normalized spacial score (nSPS) is 11.3. The van der Waals surface area contributed by atoms with Crippen LogP contribution in [0.15, 0.2) is 42.5 Å². The van der Waals surface area contributed by atoms with Gasteiger partial charge in [0.2, 0.25) is 10.0 Å². The maximum Gasteiger partial charge on any atom is 0.337 e. The van der Waals surface area contributed by atoms with Gasteiger partial charge in [0.05, 0.1) is 24.1 Å². The van der Waals surface area contributed by atoms with Gasteiger partial charge in [-0.25, -0.2) is 17.6 Å². The number of carboxylic acids is 1. The van der Waals surface area contributed by atoms with Crippen LogP contribution in [-0.2, 0) is 16.6 Å². The summed E-state index contributed by atoms with van der Waals surface area (Å²) in [6.07, 6.45) is 0.917. The fourth-order valence-corrected chi connectivity index (χ4v) is 3.18. The first kappa shape index (κ1) is 17.2. The molecule has 5 nitrogen and oxygen atoms in total. The standard InChI is InChI=1S/C15H13ClFNO4S/c1-23(21,22)18(9-11-12(16)6-4-7-13(11)17)14-8-3-2-5-10(14)15(19)20/h2-8H,9H2,1H3,(H,19,20). The second-order valence-corrected chi connectivity index (χ2v) is 7.11. The van der Waals surface area contributed by atoms with E-state index >= 15 is 0 Å². The summed E-state index contributed by atoms with van der Waals surface area (Å²) in [5.74, 6) is -1.95. The van der Waals surface area contributed by atoms with Crippen molar-refractivity contribution >= 4 is 33.3 Å². The van der Waals surface area contributed by atoms with Gasteiger partial charge in [0.25, 0.3) is 0 Å². The molecular weight excluding hydrogens is 345 g/mol. The summed E-state index contributed by atoms with van der Waals surface area (Å²) in [6.45, 7) is -0.408. The maximum absolute atomic E-state index is 14.0. The maximum atomic E-state index is 14.0. The predicted octanol–water partition coefficient (Wildman–Crippen LogP) is 3.14. The lowest BCUT2D eigenvalue weighted by atomic mass is 10.1. The van der Waals surface area contributed by atoms with Gasteiger partial charge in [-0.2, -0.15) is 0 Å². The van der Waals surface area contributed by atoms with E-state index in [2.05, 4.69) is 0 Å². The molecule has 0 saturated heterocycles. The summed E-state index contributed by atoms with van der Waals surface area (Å²) >= 11 is 5.94. The van der Waals surface area contributed by atoms with Gasteiger partial charge in [-0.1, -0.05) is 29.8 Å². The highest BCUT2D eigenvalue weighted by atomic mass is 35.5. The molecule has 0 atom stereocenters. The summed E-state index contributed by atoms with van der Waals surface area (Å²) in [5, 5.41) is 9.30. The van der Waals surface area contributed by atoms with Gasteiger partial charge in [-0.3, -0.25) is 4.31 Å². The van der Waals surface area contributed by atoms with Gasteiger partial charge in [0.1, 0.15) is 5.82 Å². The van der Waals surface area contributed by atoms with Crippen molar-refractivity contribution in [1.29, 1.82) is 0 Å². The van der Waals surface area contributed by atoms with E-state index in [1.807, 2.05) is 0 Å². The van der Waals surface area contributed by atoms with E-state index in [1.54, 1.807) is 0 Å². The highest BCUT2D eigenvalue weighted by molar-refractivity contribution is 7.92. The quantitative estimate of drug-likeness (QED) is 0.892. The Hall–Kier alpha value is -2.12. The number of halogens is 2. The first-order chi connectivity index (χ1) is 10.7. The van der Waals surface area contributed by atoms with Crippen LogP contribution in [0.25, 0.3) is 0 Å². The summed E-state index contributed by atoms with van der Waals surface area (Å²) in [6, 6.07) is 9.59. The van der Waals surface area contributed by atoms with E-state index in [0.717, 1.165) is 16.6 Å². The Morgan fingerprint density at radius 2 is 1.87 bits per heavy atom. The minimum absolute atomic E-state index is 0.0280. The average Bonchev–Trinajstić information content (AvgIpc) is 2.45. The van der Waals surface area contributed by atoms with Crippen LogP contribution in [0.2, 0.25) is 5.02 Å². The van der Waals surface area contributed by atoms with Crippen molar-refractivity contribution in [3.63, 3.8) is 0 Å². The van der Waals surface area contributed by atoms with Crippen molar-refractivity contribution in [3.05, 3.63) is 64.4 Å². The zero-order valence-electron chi connectivity index (χ0n) is 12.0. The lowest BCUT2D eigenvalue weighted by molar-refractivity contribution is 0.0697. The minimum Gasteiger partial charge on any atom is -0.478 e. The van der Waals surface area contributed by atoms with Gasteiger partial charge in [-0.15, -0.1) is 0 Å². The fraction of sp³-hybridized carbons (Fsp3) is 0.133. The number of nitrogens with zero attached hydrogens (tertiary/aromatic N) is 1. The van der Waals surface area contributed by atoms with E-state index in [9.17, 15) is 22.7 Å². The largest absolute Gasteiger partial charge is 0.478 e. The Morgan fingerprint density at radius 3 is 2.43 bits per heavy atom. The summed E-state index contributed by atoms with van der Waals surface area (Å²) in [7, 11) is -3.86. The van der Waals surface area contributed by atoms with Crippen LogP contribution in [0.1, 0.15) is 15.9 Å². The molecule has 0 saturated carbocycles. The molecule has 0 aliphatic heterocycles. The minimum atomic E-state index is -3.86. The number of aromatic carboxylic acids is 1. The van der Waals surface area contributed by atoms with E-state index in [4.69, 9.17) is 11.6 Å². The van der Waals surface area contributed by atoms with E-state index < -0.39 is 28.4 Å². The number of sulfonamides is 1. The van der Waals surface area contributed by atoms with Crippen molar-refractivity contribution in [2.45, 2.75) is 6.54 Å². The first-order valence-electron chi connectivity index (χ1n) is 6.44. The second-order valence-electron chi connectivity index (χ2n) is 4.79. The summed E-state index contributed by atoms with van der Waals surface area (Å²) in [4.78, 5) is 11.3. The molecule has 0 fully saturated rings. The number of hydrogen-bond donors (Lipinski definition) is 1. The third kappa shape index (κ3) is 3.80. The Labute approximate surface area is 138 Å². The number of anilines is 1. The SMILES string of the molecule is CS(=O)(=O)N(Cc1c(F)cccc1Cl)c1ccccc1C(=O)O. The van der Waals surface area contributed by atoms with Crippen LogP contribution in [0, 0.1) is 5.82 Å². The first-order valence-corrected chi connectivity index (χ1v) is 8.67. The number of carbonyl (C=O) groups is 1. The smallest absolute Gasteiger partial charge is 0.337 e. The molecule has 0 aliphatic carbocycles. The Morgan fingerprint density at radius 1 is 1.22 bits per heavy atom. The van der Waals surface area contributed by atoms with Crippen molar-refractivity contribution in [2.75, 3.05) is 10.6 Å². The Kier molecular flexibility index (Phi) is 4.91. The topological polar surface area (TPSA) is 74.7 Å². The van der Waals surface area contributed by atoms with Crippen LogP contribution < -0.4 is 4.31 Å². The molecule has 23 heavy (non-hydrogen) atoms. The molecule has 0 aromatic heterocycles. The summed E-state index contributed by atoms with van der Waals surface area (Å²) in [5.41, 5.74) is -0.285. The van der Waals surface area contributed by atoms with Crippen LogP contribution >= 0.6 is 11.6 Å². The monoisotopic (exact) mass is 357 g/mol. The molecule has 1 N–H and O–H groups in total. The molecule has 2 aromatic rings. The Balaban J connectivity index is 2.59. The molecule has 0 radical (unpaired) electrons. The van der Waals surface area contributed by atoms with Crippen molar-refractivity contribution < 1.29 is 22.7 Å². The number of para-hydroxylation sites is 1. The number of benzene rings is 2. The van der Waals surface area contributed by atoms with Crippen molar-refractivity contribution in [2.24, 2.45) is 0 Å². The lowest BCUT2D eigenvalue weighted by Gasteiger charge is -2.24. The zero-order valence-corrected chi connectivity index (χ0v) is 13.6. The molecule has 0 unspecified atom stereocenters. The molecule has 8 heteroatoms. The fourth-order valence-electron chi connectivity index (χ4n) is 2.08. The highest BCUT2D eigenvalue weighted by Gasteiger charge is 2.25. The molecule has 2 aromatic carbocycles. The van der Waals surface area contributed by atoms with E-state index in [-0.39, 0.29) is 21.8 Å². The second kappa shape index (κ2) is 6.55. The van der Waals surface area contributed by atoms with Crippen LogP contribution in [0.3, 0.4) is 0 Å². The molecule has 0 aliphatic rings. The van der Waals surface area contributed by atoms with Crippen molar-refractivity contribution in [1.82, 2.24) is 0 Å². The molecule has 0 spiro atoms. The van der Waals surface area contributed by atoms with Gasteiger partial charge in [0, 0.05) is 10.6 Å². The summed E-state index contributed by atoms with van der Waals surface area (Å²) < 4.78 is 39.0. The number of rotatable bonds is 5. The van der Waals surface area contributed by atoms with E-state index in [0.29, 0.717) is 0 Å². The van der Waals surface area contributed by atoms with Gasteiger partial charge in [-0.05, 0) is 24.3 Å². The van der Waals surface area contributed by atoms with Gasteiger partial charge >= 0.3 is 5.97 Å². The van der Waals surface area contributed by atoms with Crippen LogP contribution in [-0.4, -0.2) is 25.7 Å². The predicted molar refractivity (Wildman–Crippen MR) is 85.8 cm³/mol. The Bertz CT molecular complexity index is 834. The average molecular weight is 358 g/mol. The number of carboxylic acid groups (broad SMARTS) is 1. The number of hydrogen-bond acceptors (Lipinski definition) is 3. The van der Waals surface area contributed by atoms with Crippen LogP contribution in [0.4, 0.5) is 10.1 Å². The third-order valence-electron chi connectivity index (χ3n) is 3.17. The highest BCUT2D eigenvalue weighted by Crippen LogP contribution is 2.28. The molecule has 0 heterocycles.